The molecule has 0 bridgehead atoms. The molecule has 0 saturated carbocycles. The van der Waals surface area contributed by atoms with Gasteiger partial charge in [0.05, 0.1) is 17.6 Å². The van der Waals surface area contributed by atoms with Gasteiger partial charge in [-0.3, -0.25) is 4.79 Å². The lowest BCUT2D eigenvalue weighted by Crippen LogP contribution is -2.50. The Kier molecular flexibility index (Phi) is 7.63. The molecule has 0 atom stereocenters. The summed E-state index contributed by atoms with van der Waals surface area (Å²) in [5.74, 6) is -0.497. The number of sulfonamides is 1. The Hall–Kier alpha value is -3.49. The summed E-state index contributed by atoms with van der Waals surface area (Å²) in [6.45, 7) is -2.68. The summed E-state index contributed by atoms with van der Waals surface area (Å²) in [4.78, 5) is 14.0. The van der Waals surface area contributed by atoms with E-state index in [9.17, 15) is 27.3 Å². The van der Waals surface area contributed by atoms with Crippen LogP contribution in [0, 0.1) is 11.3 Å². The molecule has 1 saturated heterocycles. The molecule has 2 aromatic carbocycles. The standard InChI is InChI=1S/C22H21F2N3O5S/c1-31-18-7-4-6-16(21(18)32-22(23)24)9-10-20(28)26-11-13-27(14-12-26)33(29,30)19-8-3-2-5-17(19)15-25/h2-10,22H,11-14H2,1H3/b10-9+. The van der Waals surface area contributed by atoms with Gasteiger partial charge in [0.1, 0.15) is 6.07 Å². The number of para-hydroxylation sites is 1. The molecule has 2 aromatic rings. The first-order valence-electron chi connectivity index (χ1n) is 9.86. The summed E-state index contributed by atoms with van der Waals surface area (Å²) < 4.78 is 62.1. The molecule has 0 aromatic heterocycles. The largest absolute Gasteiger partial charge is 0.493 e. The Labute approximate surface area is 190 Å². The molecule has 1 heterocycles. The summed E-state index contributed by atoms with van der Waals surface area (Å²) in [6.07, 6.45) is 2.55. The number of carbonyl (C=O) groups excluding carboxylic acids is 1. The fourth-order valence-corrected chi connectivity index (χ4v) is 4.94. The van der Waals surface area contributed by atoms with Crippen LogP contribution < -0.4 is 9.47 Å². The fourth-order valence-electron chi connectivity index (χ4n) is 3.38. The number of hydrogen-bond acceptors (Lipinski definition) is 6. The van der Waals surface area contributed by atoms with Gasteiger partial charge < -0.3 is 14.4 Å². The van der Waals surface area contributed by atoms with Gasteiger partial charge in [0, 0.05) is 37.8 Å². The van der Waals surface area contributed by atoms with Crippen molar-refractivity contribution in [2.75, 3.05) is 33.3 Å². The first kappa shape index (κ1) is 24.2. The number of alkyl halides is 2. The van der Waals surface area contributed by atoms with Crippen molar-refractivity contribution in [1.29, 1.82) is 5.26 Å². The SMILES string of the molecule is COc1cccc(/C=C/C(=O)N2CCN(S(=O)(=O)c3ccccc3C#N)CC2)c1OC(F)F. The van der Waals surface area contributed by atoms with Crippen LogP contribution >= 0.6 is 0 Å². The molecule has 1 fully saturated rings. The van der Waals surface area contributed by atoms with Gasteiger partial charge in [0.15, 0.2) is 11.5 Å². The van der Waals surface area contributed by atoms with E-state index in [0.717, 1.165) is 0 Å². The Balaban J connectivity index is 1.69. The summed E-state index contributed by atoms with van der Waals surface area (Å²) in [5.41, 5.74) is 0.288. The van der Waals surface area contributed by atoms with Crippen molar-refractivity contribution in [3.63, 3.8) is 0 Å². The molecule has 0 spiro atoms. The molecular weight excluding hydrogens is 456 g/mol. The smallest absolute Gasteiger partial charge is 0.387 e. The maximum Gasteiger partial charge on any atom is 0.387 e. The van der Waals surface area contributed by atoms with E-state index in [1.54, 1.807) is 18.2 Å². The van der Waals surface area contributed by atoms with E-state index in [1.165, 1.54) is 52.7 Å². The highest BCUT2D eigenvalue weighted by atomic mass is 32.2. The minimum atomic E-state index is -3.88. The Morgan fingerprint density at radius 2 is 1.82 bits per heavy atom. The van der Waals surface area contributed by atoms with Gasteiger partial charge >= 0.3 is 6.61 Å². The van der Waals surface area contributed by atoms with Gasteiger partial charge in [0.25, 0.3) is 0 Å². The predicted molar refractivity (Wildman–Crippen MR) is 115 cm³/mol. The van der Waals surface area contributed by atoms with Crippen molar-refractivity contribution in [3.05, 3.63) is 59.7 Å². The average Bonchev–Trinajstić information content (AvgIpc) is 2.82. The highest BCUT2D eigenvalue weighted by Gasteiger charge is 2.31. The molecule has 1 amide bonds. The van der Waals surface area contributed by atoms with Crippen LogP contribution in [0.1, 0.15) is 11.1 Å². The molecule has 0 radical (unpaired) electrons. The van der Waals surface area contributed by atoms with E-state index in [-0.39, 0.29) is 53.7 Å². The van der Waals surface area contributed by atoms with Crippen molar-refractivity contribution in [2.24, 2.45) is 0 Å². The monoisotopic (exact) mass is 477 g/mol. The number of rotatable bonds is 7. The van der Waals surface area contributed by atoms with E-state index in [4.69, 9.17) is 4.74 Å². The summed E-state index contributed by atoms with van der Waals surface area (Å²) >= 11 is 0. The molecule has 11 heteroatoms. The maximum atomic E-state index is 12.9. The van der Waals surface area contributed by atoms with Gasteiger partial charge in [0.2, 0.25) is 15.9 Å². The first-order chi connectivity index (χ1) is 15.8. The van der Waals surface area contributed by atoms with Crippen molar-refractivity contribution in [1.82, 2.24) is 9.21 Å². The second-order valence-electron chi connectivity index (χ2n) is 6.93. The predicted octanol–water partition coefficient (Wildman–Crippen LogP) is 2.71. The number of amides is 1. The number of nitrogens with zero attached hydrogens (tertiary/aromatic N) is 3. The molecule has 0 unspecified atom stereocenters. The molecule has 8 nitrogen and oxygen atoms in total. The third-order valence-corrected chi connectivity index (χ3v) is 6.97. The van der Waals surface area contributed by atoms with Crippen LogP contribution in [0.3, 0.4) is 0 Å². The summed E-state index contributed by atoms with van der Waals surface area (Å²) in [7, 11) is -2.57. The van der Waals surface area contributed by atoms with Gasteiger partial charge in [-0.25, -0.2) is 8.42 Å². The highest BCUT2D eigenvalue weighted by molar-refractivity contribution is 7.89. The Morgan fingerprint density at radius 3 is 2.45 bits per heavy atom. The lowest BCUT2D eigenvalue weighted by molar-refractivity contribution is -0.127. The number of nitriles is 1. The maximum absolute atomic E-state index is 12.9. The van der Waals surface area contributed by atoms with Crippen LogP contribution in [0.4, 0.5) is 8.78 Å². The van der Waals surface area contributed by atoms with Crippen LogP contribution in [0.5, 0.6) is 11.5 Å². The lowest BCUT2D eigenvalue weighted by Gasteiger charge is -2.33. The van der Waals surface area contributed by atoms with Gasteiger partial charge in [-0.1, -0.05) is 24.3 Å². The Bertz CT molecular complexity index is 1190. The molecule has 174 valence electrons. The normalized spacial score (nSPS) is 14.9. The molecule has 1 aliphatic rings. The number of halogens is 2. The van der Waals surface area contributed by atoms with Crippen molar-refractivity contribution >= 4 is 22.0 Å². The summed E-state index contributed by atoms with van der Waals surface area (Å²) in [6, 6.07) is 12.4. The van der Waals surface area contributed by atoms with Crippen LogP contribution in [0.15, 0.2) is 53.4 Å². The topological polar surface area (TPSA) is 99.9 Å². The zero-order valence-electron chi connectivity index (χ0n) is 17.6. The number of benzene rings is 2. The number of methoxy groups -OCH3 is 1. The van der Waals surface area contributed by atoms with Crippen LogP contribution in [0.2, 0.25) is 0 Å². The fraction of sp³-hybridized carbons (Fsp3) is 0.273. The zero-order valence-corrected chi connectivity index (χ0v) is 18.5. The molecule has 0 N–H and O–H groups in total. The molecule has 33 heavy (non-hydrogen) atoms. The molecule has 0 aliphatic carbocycles. The lowest BCUT2D eigenvalue weighted by atomic mass is 10.1. The highest BCUT2D eigenvalue weighted by Crippen LogP contribution is 2.33. The van der Waals surface area contributed by atoms with Gasteiger partial charge in [-0.05, 0) is 24.3 Å². The van der Waals surface area contributed by atoms with Crippen molar-refractivity contribution < 1.29 is 31.5 Å². The van der Waals surface area contributed by atoms with Crippen molar-refractivity contribution in [3.8, 4) is 17.6 Å². The number of carbonyl (C=O) groups is 1. The van der Waals surface area contributed by atoms with Crippen molar-refractivity contribution in [2.45, 2.75) is 11.5 Å². The zero-order chi connectivity index (χ0) is 24.0. The molecule has 3 rings (SSSR count). The molecular formula is C22H21F2N3O5S. The number of hydrogen-bond donors (Lipinski definition) is 0. The van der Waals surface area contributed by atoms with E-state index in [2.05, 4.69) is 4.74 Å². The van der Waals surface area contributed by atoms with Crippen LogP contribution in [-0.2, 0) is 14.8 Å². The van der Waals surface area contributed by atoms with E-state index >= 15 is 0 Å². The molecule has 1 aliphatic heterocycles. The van der Waals surface area contributed by atoms with E-state index < -0.39 is 22.5 Å². The first-order valence-corrected chi connectivity index (χ1v) is 11.3. The quantitative estimate of drug-likeness (QED) is 0.569. The second kappa shape index (κ2) is 10.4. The third-order valence-electron chi connectivity index (χ3n) is 5.02. The van der Waals surface area contributed by atoms with Crippen LogP contribution in [0.25, 0.3) is 6.08 Å². The summed E-state index contributed by atoms with van der Waals surface area (Å²) in [5, 5.41) is 9.20. The third kappa shape index (κ3) is 5.47. The second-order valence-corrected chi connectivity index (χ2v) is 8.83. The average molecular weight is 477 g/mol. The van der Waals surface area contributed by atoms with E-state index in [0.29, 0.717) is 0 Å². The van der Waals surface area contributed by atoms with E-state index in [1.807, 2.05) is 6.07 Å². The minimum absolute atomic E-state index is 0.0547. The van der Waals surface area contributed by atoms with Gasteiger partial charge in [-0.15, -0.1) is 0 Å². The number of ether oxygens (including phenoxy) is 2. The van der Waals surface area contributed by atoms with Gasteiger partial charge in [-0.2, -0.15) is 18.3 Å². The number of piperazine rings is 1. The van der Waals surface area contributed by atoms with Crippen LogP contribution in [-0.4, -0.2) is 63.4 Å². The Morgan fingerprint density at radius 1 is 1.12 bits per heavy atom. The minimum Gasteiger partial charge on any atom is -0.493 e.